The fourth-order valence-electron chi connectivity index (χ4n) is 6.66. The zero-order chi connectivity index (χ0) is 30.7. The van der Waals surface area contributed by atoms with Crippen LogP contribution in [0.25, 0.3) is 0 Å². The number of fused-ring (bicyclic) bond motifs is 3. The summed E-state index contributed by atoms with van der Waals surface area (Å²) >= 11 is 0. The number of aliphatic hydroxyl groups is 1. The van der Waals surface area contributed by atoms with Gasteiger partial charge in [0.15, 0.2) is 5.60 Å². The van der Waals surface area contributed by atoms with Gasteiger partial charge in [0.1, 0.15) is 0 Å². The average molecular weight is 581 g/mol. The van der Waals surface area contributed by atoms with E-state index in [2.05, 4.69) is 61.2 Å². The van der Waals surface area contributed by atoms with Crippen LogP contribution < -0.4 is 4.90 Å². The molecular formula is C32H40N2O8. The second kappa shape index (κ2) is 12.2. The first-order valence-electron chi connectivity index (χ1n) is 14.4. The van der Waals surface area contributed by atoms with Crippen LogP contribution in [-0.2, 0) is 36.4 Å². The van der Waals surface area contributed by atoms with E-state index in [0.717, 1.165) is 31.9 Å². The number of aryl methyl sites for hydroxylation is 1. The average Bonchev–Trinajstić information content (AvgIpc) is 3.42. The smallest absolute Gasteiger partial charge is 0.336 e. The summed E-state index contributed by atoms with van der Waals surface area (Å²) in [5, 5.41) is 33.8. The maximum absolute atomic E-state index is 13.1. The first-order valence-corrected chi connectivity index (χ1v) is 14.4. The van der Waals surface area contributed by atoms with Crippen LogP contribution in [0.4, 0.5) is 5.69 Å². The van der Waals surface area contributed by atoms with Crippen LogP contribution in [0.1, 0.15) is 69.1 Å². The Morgan fingerprint density at radius 1 is 0.833 bits per heavy atom. The number of carbonyl (C=O) groups is 4. The van der Waals surface area contributed by atoms with Crippen molar-refractivity contribution < 1.29 is 39.6 Å². The van der Waals surface area contributed by atoms with Crippen molar-refractivity contribution in [3.8, 4) is 0 Å². The van der Waals surface area contributed by atoms with Crippen molar-refractivity contribution >= 4 is 29.5 Å². The molecule has 1 amide bonds. The Balaban J connectivity index is 0.000000266. The van der Waals surface area contributed by atoms with Gasteiger partial charge in [-0.25, -0.2) is 4.79 Å². The molecule has 5 rings (SSSR count). The van der Waals surface area contributed by atoms with Gasteiger partial charge >= 0.3 is 17.9 Å². The predicted octanol–water partition coefficient (Wildman–Crippen LogP) is 3.43. The summed E-state index contributed by atoms with van der Waals surface area (Å²) in [5.74, 6) is -4.75. The third kappa shape index (κ3) is 6.65. The van der Waals surface area contributed by atoms with E-state index in [0.29, 0.717) is 11.8 Å². The molecule has 1 aliphatic carbocycles. The quantitative estimate of drug-likeness (QED) is 0.367. The van der Waals surface area contributed by atoms with Gasteiger partial charge in [0, 0.05) is 30.6 Å². The molecule has 0 bridgehead atoms. The first-order chi connectivity index (χ1) is 19.8. The molecule has 2 aliphatic heterocycles. The molecule has 0 radical (unpaired) electrons. The van der Waals surface area contributed by atoms with Crippen LogP contribution in [0.3, 0.4) is 0 Å². The topological polar surface area (TPSA) is 156 Å². The zero-order valence-corrected chi connectivity index (χ0v) is 24.2. The summed E-state index contributed by atoms with van der Waals surface area (Å²) in [7, 11) is 0. The maximum Gasteiger partial charge on any atom is 0.336 e. The van der Waals surface area contributed by atoms with Crippen LogP contribution in [0.15, 0.2) is 48.5 Å². The Hall–Kier alpha value is -3.76. The number of nitrogens with zero attached hydrogens (tertiary/aromatic N) is 2. The largest absolute Gasteiger partial charge is 0.481 e. The lowest BCUT2D eigenvalue weighted by Crippen LogP contribution is -2.43. The van der Waals surface area contributed by atoms with Crippen molar-refractivity contribution in [3.63, 3.8) is 0 Å². The molecule has 0 atom stereocenters. The van der Waals surface area contributed by atoms with Gasteiger partial charge in [0.05, 0.1) is 12.8 Å². The number of hydrogen-bond acceptors (Lipinski definition) is 6. The highest BCUT2D eigenvalue weighted by molar-refractivity contribution is 5.96. The molecule has 0 aromatic heterocycles. The third-order valence-electron chi connectivity index (χ3n) is 8.98. The Morgan fingerprint density at radius 2 is 1.40 bits per heavy atom. The molecule has 1 spiro atoms. The van der Waals surface area contributed by atoms with E-state index in [4.69, 9.17) is 20.4 Å². The molecule has 10 heteroatoms. The Labute approximate surface area is 245 Å². The van der Waals surface area contributed by atoms with Crippen LogP contribution in [0.5, 0.6) is 0 Å². The summed E-state index contributed by atoms with van der Waals surface area (Å²) in [5.41, 5.74) is 3.28. The lowest BCUT2D eigenvalue weighted by atomic mass is 9.74. The molecule has 1 saturated heterocycles. The molecular weight excluding hydrogens is 540 g/mol. The van der Waals surface area contributed by atoms with Crippen molar-refractivity contribution in [2.45, 2.75) is 75.2 Å². The second-order valence-corrected chi connectivity index (χ2v) is 12.4. The van der Waals surface area contributed by atoms with Gasteiger partial charge < -0.3 is 30.2 Å². The number of carboxylic acids is 3. The molecule has 2 heterocycles. The van der Waals surface area contributed by atoms with Crippen LogP contribution in [0, 0.1) is 0 Å². The summed E-state index contributed by atoms with van der Waals surface area (Å²) in [6.07, 6.45) is 3.34. The summed E-state index contributed by atoms with van der Waals surface area (Å²) < 4.78 is 0. The Bertz CT molecular complexity index is 1330. The molecule has 226 valence electrons. The third-order valence-corrected chi connectivity index (χ3v) is 8.98. The van der Waals surface area contributed by atoms with Crippen molar-refractivity contribution in [1.82, 2.24) is 4.90 Å². The number of rotatable bonds is 8. The van der Waals surface area contributed by atoms with Gasteiger partial charge in [-0.15, -0.1) is 0 Å². The van der Waals surface area contributed by atoms with E-state index in [1.807, 2.05) is 11.0 Å². The van der Waals surface area contributed by atoms with E-state index >= 15 is 0 Å². The minimum absolute atomic E-state index is 0.0413. The molecule has 42 heavy (non-hydrogen) atoms. The number of hydrogen-bond donors (Lipinski definition) is 4. The van der Waals surface area contributed by atoms with Gasteiger partial charge in [0.2, 0.25) is 5.91 Å². The van der Waals surface area contributed by atoms with Crippen molar-refractivity contribution in [2.24, 2.45) is 0 Å². The molecule has 0 unspecified atom stereocenters. The molecule has 4 N–H and O–H groups in total. The summed E-state index contributed by atoms with van der Waals surface area (Å²) in [4.78, 5) is 48.1. The van der Waals surface area contributed by atoms with E-state index in [9.17, 15) is 19.2 Å². The number of carboxylic acid groups (broad SMARTS) is 3. The second-order valence-electron chi connectivity index (χ2n) is 12.4. The number of likely N-dealkylation sites (tertiary alicyclic amines) is 1. The number of piperidine rings is 1. The molecule has 10 nitrogen and oxygen atoms in total. The van der Waals surface area contributed by atoms with E-state index in [1.165, 1.54) is 31.2 Å². The molecule has 1 fully saturated rings. The monoisotopic (exact) mass is 580 g/mol. The lowest BCUT2D eigenvalue weighted by molar-refractivity contribution is -0.170. The SMILES string of the molecule is CC1(C)CN(C(=O)CCN2CCC3(CCc4ccccc43)CC2)c2ccccc21.O=C(O)CC(O)(CC(=O)O)C(=O)O. The standard InChI is InChI=1S/C26H32N2O.C6H8O7/c1-25(2)19-28(23-10-6-5-9-22(23)25)24(29)12-16-27-17-14-26(15-18-27)13-11-20-7-3-4-8-21(20)26;7-3(8)1-6(13,5(11)12)2-4(9)10/h3-10H,11-19H2,1-2H3;13H,1-2H2,(H,7,8)(H,9,10)(H,11,12). The summed E-state index contributed by atoms with van der Waals surface area (Å²) in [6.45, 7) is 8.39. The van der Waals surface area contributed by atoms with Gasteiger partial charge in [0.25, 0.3) is 0 Å². The fourth-order valence-corrected chi connectivity index (χ4v) is 6.66. The van der Waals surface area contributed by atoms with E-state index in [-0.39, 0.29) is 11.3 Å². The highest BCUT2D eigenvalue weighted by Gasteiger charge is 2.42. The Kier molecular flexibility index (Phi) is 9.08. The van der Waals surface area contributed by atoms with Crippen LogP contribution in [-0.4, -0.2) is 80.9 Å². The number of carbonyl (C=O) groups excluding carboxylic acids is 1. The van der Waals surface area contributed by atoms with Gasteiger partial charge in [-0.3, -0.25) is 14.4 Å². The van der Waals surface area contributed by atoms with Crippen molar-refractivity contribution in [1.29, 1.82) is 0 Å². The Morgan fingerprint density at radius 3 is 2.00 bits per heavy atom. The highest BCUT2D eigenvalue weighted by Crippen LogP contribution is 2.46. The number of benzene rings is 2. The minimum Gasteiger partial charge on any atom is -0.481 e. The lowest BCUT2D eigenvalue weighted by Gasteiger charge is -2.40. The zero-order valence-electron chi connectivity index (χ0n) is 24.2. The minimum atomic E-state index is -2.74. The van der Waals surface area contributed by atoms with Gasteiger partial charge in [-0.2, -0.15) is 0 Å². The van der Waals surface area contributed by atoms with E-state index in [1.54, 1.807) is 11.1 Å². The summed E-state index contributed by atoms with van der Waals surface area (Å²) in [6, 6.07) is 17.4. The number of anilines is 1. The van der Waals surface area contributed by atoms with Gasteiger partial charge in [-0.05, 0) is 66.9 Å². The molecule has 2 aromatic carbocycles. The van der Waals surface area contributed by atoms with Crippen molar-refractivity contribution in [3.05, 3.63) is 65.2 Å². The molecule has 2 aromatic rings. The normalized spacial score (nSPS) is 18.5. The molecule has 0 saturated carbocycles. The number of aliphatic carboxylic acids is 3. The number of para-hydroxylation sites is 1. The number of amides is 1. The highest BCUT2D eigenvalue weighted by atomic mass is 16.4. The maximum atomic E-state index is 13.1. The van der Waals surface area contributed by atoms with Gasteiger partial charge in [-0.1, -0.05) is 56.3 Å². The van der Waals surface area contributed by atoms with E-state index < -0.39 is 36.4 Å². The van der Waals surface area contributed by atoms with Crippen molar-refractivity contribution in [2.75, 3.05) is 31.1 Å². The van der Waals surface area contributed by atoms with Crippen LogP contribution >= 0.6 is 0 Å². The fraction of sp³-hybridized carbons (Fsp3) is 0.500. The molecule has 3 aliphatic rings. The first kappa shape index (κ1) is 31.2. The van der Waals surface area contributed by atoms with Crippen LogP contribution in [0.2, 0.25) is 0 Å². The predicted molar refractivity (Wildman–Crippen MR) is 156 cm³/mol.